The second-order valence-corrected chi connectivity index (χ2v) is 7.87. The van der Waals surface area contributed by atoms with E-state index in [1.54, 1.807) is 14.2 Å². The maximum absolute atomic E-state index is 13.4. The van der Waals surface area contributed by atoms with E-state index >= 15 is 0 Å². The molecule has 3 heterocycles. The molecule has 31 heavy (non-hydrogen) atoms. The van der Waals surface area contributed by atoms with Crippen molar-refractivity contribution in [3.05, 3.63) is 65.0 Å². The minimum atomic E-state index is -0.355. The maximum atomic E-state index is 13.4. The van der Waals surface area contributed by atoms with Gasteiger partial charge in [0.15, 0.2) is 11.5 Å². The Morgan fingerprint density at radius 1 is 1.13 bits per heavy atom. The Labute approximate surface area is 179 Å². The number of hydrogen-bond donors (Lipinski definition) is 1. The number of rotatable bonds is 3. The molecule has 0 fully saturated rings. The number of nitrogens with one attached hydrogen (secondary N) is 1. The monoisotopic (exact) mass is 417 g/mol. The fourth-order valence-electron chi connectivity index (χ4n) is 4.75. The van der Waals surface area contributed by atoms with Crippen molar-refractivity contribution in [2.75, 3.05) is 26.1 Å². The molecule has 0 spiro atoms. The fraction of sp³-hybridized carbons (Fsp3) is 0.250. The van der Waals surface area contributed by atoms with Crippen LogP contribution in [0, 0.1) is 0 Å². The summed E-state index contributed by atoms with van der Waals surface area (Å²) < 4.78 is 13.0. The van der Waals surface area contributed by atoms with Gasteiger partial charge in [-0.3, -0.25) is 14.5 Å². The average Bonchev–Trinajstić information content (AvgIpc) is 3.22. The van der Waals surface area contributed by atoms with Gasteiger partial charge in [-0.05, 0) is 35.4 Å². The molecule has 0 saturated carbocycles. The van der Waals surface area contributed by atoms with Crippen molar-refractivity contribution < 1.29 is 19.1 Å². The van der Waals surface area contributed by atoms with Crippen LogP contribution in [0.4, 0.5) is 5.69 Å². The molecule has 1 unspecified atom stereocenters. The minimum Gasteiger partial charge on any atom is -0.493 e. The van der Waals surface area contributed by atoms with Gasteiger partial charge in [0.25, 0.3) is 5.91 Å². The third-order valence-electron chi connectivity index (χ3n) is 6.17. The molecular weight excluding hydrogens is 394 g/mol. The van der Waals surface area contributed by atoms with E-state index in [-0.39, 0.29) is 24.3 Å². The van der Waals surface area contributed by atoms with Crippen molar-refractivity contribution in [1.29, 1.82) is 0 Å². The Morgan fingerprint density at radius 3 is 2.61 bits per heavy atom. The highest BCUT2D eigenvalue weighted by molar-refractivity contribution is 6.11. The molecule has 2 aliphatic heterocycles. The second kappa shape index (κ2) is 6.91. The zero-order valence-corrected chi connectivity index (χ0v) is 17.9. The first-order valence-corrected chi connectivity index (χ1v) is 10.1. The van der Waals surface area contributed by atoms with E-state index in [9.17, 15) is 9.59 Å². The summed E-state index contributed by atoms with van der Waals surface area (Å²) in [5.74, 6) is 0.325. The lowest BCUT2D eigenvalue weighted by molar-refractivity contribution is -0.139. The molecule has 1 atom stereocenters. The molecule has 2 aromatic carbocycles. The lowest BCUT2D eigenvalue weighted by Gasteiger charge is -2.20. The molecule has 0 saturated heterocycles. The first-order valence-electron chi connectivity index (χ1n) is 10.1. The topological polar surface area (TPSA) is 72.8 Å². The summed E-state index contributed by atoms with van der Waals surface area (Å²) in [5.41, 5.74) is 5.26. The van der Waals surface area contributed by atoms with Gasteiger partial charge in [-0.25, -0.2) is 0 Å². The van der Waals surface area contributed by atoms with Gasteiger partial charge in [-0.15, -0.1) is 0 Å². The van der Waals surface area contributed by atoms with E-state index < -0.39 is 0 Å². The van der Waals surface area contributed by atoms with Crippen molar-refractivity contribution in [2.24, 2.45) is 7.05 Å². The van der Waals surface area contributed by atoms with E-state index in [0.29, 0.717) is 17.1 Å². The van der Waals surface area contributed by atoms with Crippen LogP contribution in [0.1, 0.15) is 24.0 Å². The molecule has 3 aromatic rings. The van der Waals surface area contributed by atoms with Crippen molar-refractivity contribution in [2.45, 2.75) is 12.8 Å². The highest BCUT2D eigenvalue weighted by atomic mass is 16.5. The number of imide groups is 1. The molecule has 1 aromatic heterocycles. The predicted molar refractivity (Wildman–Crippen MR) is 117 cm³/mol. The number of benzene rings is 2. The Hall–Kier alpha value is -3.74. The Balaban J connectivity index is 1.80. The number of ether oxygens (including phenoxy) is 2. The SMILES string of the molecule is COc1ccc(C2C3=C(CN(C(C)=O)C3=O)Nc3cccc4c3c2cn4C)cc1OC. The zero-order valence-electron chi connectivity index (χ0n) is 17.9. The molecule has 0 radical (unpaired) electrons. The number of aromatic nitrogens is 1. The second-order valence-electron chi connectivity index (χ2n) is 7.87. The molecular formula is C24H23N3O4. The summed E-state index contributed by atoms with van der Waals surface area (Å²) in [6, 6.07) is 11.8. The molecule has 2 amide bonds. The van der Waals surface area contributed by atoms with Gasteiger partial charge in [-0.1, -0.05) is 12.1 Å². The van der Waals surface area contributed by atoms with Crippen LogP contribution in [-0.2, 0) is 16.6 Å². The molecule has 2 aliphatic rings. The van der Waals surface area contributed by atoms with Crippen LogP contribution >= 0.6 is 0 Å². The fourth-order valence-corrected chi connectivity index (χ4v) is 4.75. The van der Waals surface area contributed by atoms with E-state index in [2.05, 4.69) is 22.1 Å². The molecule has 0 aliphatic carbocycles. The molecule has 0 bridgehead atoms. The summed E-state index contributed by atoms with van der Waals surface area (Å²) in [5, 5.41) is 4.53. The molecule has 5 rings (SSSR count). The largest absolute Gasteiger partial charge is 0.493 e. The molecule has 158 valence electrons. The molecule has 7 heteroatoms. The van der Waals surface area contributed by atoms with Crippen LogP contribution in [0.25, 0.3) is 10.9 Å². The first-order chi connectivity index (χ1) is 14.9. The van der Waals surface area contributed by atoms with Gasteiger partial charge in [-0.2, -0.15) is 0 Å². The van der Waals surface area contributed by atoms with E-state index in [4.69, 9.17) is 9.47 Å². The van der Waals surface area contributed by atoms with Crippen molar-refractivity contribution in [3.63, 3.8) is 0 Å². The van der Waals surface area contributed by atoms with Gasteiger partial charge >= 0.3 is 0 Å². The van der Waals surface area contributed by atoms with Crippen LogP contribution in [0.2, 0.25) is 0 Å². The van der Waals surface area contributed by atoms with Crippen molar-refractivity contribution >= 4 is 28.4 Å². The number of hydrogen-bond acceptors (Lipinski definition) is 5. The van der Waals surface area contributed by atoms with Crippen LogP contribution in [0.3, 0.4) is 0 Å². The first kappa shape index (κ1) is 19.2. The average molecular weight is 417 g/mol. The number of aryl methyl sites for hydroxylation is 1. The van der Waals surface area contributed by atoms with Gasteiger partial charge in [0.05, 0.1) is 31.9 Å². The van der Waals surface area contributed by atoms with Crippen LogP contribution in [0.15, 0.2) is 53.9 Å². The summed E-state index contributed by atoms with van der Waals surface area (Å²) >= 11 is 0. The number of anilines is 1. The highest BCUT2D eigenvalue weighted by Crippen LogP contribution is 2.47. The third-order valence-corrected chi connectivity index (χ3v) is 6.17. The van der Waals surface area contributed by atoms with Gasteiger partial charge in [0.1, 0.15) is 0 Å². The maximum Gasteiger partial charge on any atom is 0.259 e. The van der Waals surface area contributed by atoms with Crippen LogP contribution in [0.5, 0.6) is 11.5 Å². The quantitative estimate of drug-likeness (QED) is 0.707. The summed E-state index contributed by atoms with van der Waals surface area (Å²) in [6.07, 6.45) is 2.07. The lowest BCUT2D eigenvalue weighted by atomic mass is 9.84. The summed E-state index contributed by atoms with van der Waals surface area (Å²) in [6.45, 7) is 1.66. The number of carbonyl (C=O) groups is 2. The Bertz CT molecular complexity index is 1290. The highest BCUT2D eigenvalue weighted by Gasteiger charge is 2.41. The normalized spacial score (nSPS) is 17.5. The number of nitrogens with zero attached hydrogens (tertiary/aromatic N) is 2. The number of carbonyl (C=O) groups excluding carboxylic acids is 2. The van der Waals surface area contributed by atoms with Crippen molar-refractivity contribution in [1.82, 2.24) is 9.47 Å². The van der Waals surface area contributed by atoms with Crippen molar-refractivity contribution in [3.8, 4) is 11.5 Å². The van der Waals surface area contributed by atoms with Gasteiger partial charge < -0.3 is 19.4 Å². The summed E-state index contributed by atoms with van der Waals surface area (Å²) in [4.78, 5) is 26.9. The van der Waals surface area contributed by atoms with Gasteiger partial charge in [0, 0.05) is 42.9 Å². The predicted octanol–water partition coefficient (Wildman–Crippen LogP) is 3.40. The van der Waals surface area contributed by atoms with Crippen LogP contribution in [-0.4, -0.2) is 42.0 Å². The third kappa shape index (κ3) is 2.73. The van der Waals surface area contributed by atoms with Crippen LogP contribution < -0.4 is 14.8 Å². The molecule has 7 nitrogen and oxygen atoms in total. The number of methoxy groups -OCH3 is 2. The lowest BCUT2D eigenvalue weighted by Crippen LogP contribution is -2.33. The Morgan fingerprint density at radius 2 is 1.90 bits per heavy atom. The van der Waals surface area contributed by atoms with E-state index in [0.717, 1.165) is 33.4 Å². The van der Waals surface area contributed by atoms with E-state index in [1.165, 1.54) is 11.8 Å². The number of amides is 2. The zero-order chi connectivity index (χ0) is 21.9. The smallest absolute Gasteiger partial charge is 0.259 e. The van der Waals surface area contributed by atoms with Gasteiger partial charge in [0.2, 0.25) is 5.91 Å². The summed E-state index contributed by atoms with van der Waals surface area (Å²) in [7, 11) is 5.18. The standard InChI is InChI=1S/C24H23N3O4/c1-13(28)27-12-17-23(24(27)29)21(14-8-9-19(30-3)20(10-14)31-4)15-11-26(2)18-7-5-6-16(25-17)22(15)18/h5-11,21,25H,12H2,1-4H3. The Kier molecular flexibility index (Phi) is 4.28. The molecule has 1 N–H and O–H groups in total. The van der Waals surface area contributed by atoms with E-state index in [1.807, 2.05) is 37.4 Å². The minimum absolute atomic E-state index is 0.236.